The zero-order valence-corrected chi connectivity index (χ0v) is 4.31. The van der Waals surface area contributed by atoms with E-state index in [0.29, 0.717) is 0 Å². The van der Waals surface area contributed by atoms with Gasteiger partial charge in [0.1, 0.15) is 0 Å². The van der Waals surface area contributed by atoms with Crippen molar-refractivity contribution in [2.75, 3.05) is 0 Å². The number of carbonyl (C=O) groups is 1. The minimum atomic E-state index is -0.340. The minimum Gasteiger partial charge on any atom is -0.301 e. The predicted octanol–water partition coefficient (Wildman–Crippen LogP) is -0.427. The number of rotatable bonds is 0. The van der Waals surface area contributed by atoms with Crippen LogP contribution in [0, 0.1) is 0 Å². The van der Waals surface area contributed by atoms with E-state index in [4.69, 9.17) is 5.73 Å². The molecule has 0 spiro atoms. The highest BCUT2D eigenvalue weighted by Crippen LogP contribution is 2.11. The number of hydrogen-bond acceptors (Lipinski definition) is 4. The van der Waals surface area contributed by atoms with Crippen LogP contribution in [0.1, 0.15) is 0 Å². The van der Waals surface area contributed by atoms with E-state index in [-0.39, 0.29) is 10.6 Å². The molecule has 1 aliphatic heterocycles. The van der Waals surface area contributed by atoms with Crippen LogP contribution in [-0.2, 0) is 4.79 Å². The van der Waals surface area contributed by atoms with Gasteiger partial charge in [0.05, 0.1) is 6.21 Å². The Morgan fingerprint density at radius 2 is 2.71 bits per heavy atom. The first-order chi connectivity index (χ1) is 3.29. The molecule has 0 bridgehead atoms. The Kier molecular flexibility index (Phi) is 1.12. The van der Waals surface area contributed by atoms with Crippen LogP contribution in [0.4, 0.5) is 0 Å². The van der Waals surface area contributed by atoms with Crippen LogP contribution in [0.25, 0.3) is 0 Å². The lowest BCUT2D eigenvalue weighted by Gasteiger charge is -1.88. The average Bonchev–Trinajstić information content (AvgIpc) is 1.87. The predicted molar refractivity (Wildman–Crippen MR) is 29.1 cm³/mol. The van der Waals surface area contributed by atoms with Crippen molar-refractivity contribution in [3.63, 3.8) is 0 Å². The second-order valence-corrected chi connectivity index (χ2v) is 2.23. The maximum atomic E-state index is 10.2. The van der Waals surface area contributed by atoms with Gasteiger partial charge in [-0.1, -0.05) is 0 Å². The molecule has 0 aromatic carbocycles. The van der Waals surface area contributed by atoms with Gasteiger partial charge in [-0.3, -0.25) is 9.79 Å². The maximum Gasteiger partial charge on any atom is 0.233 e. The molecule has 1 rings (SSSR count). The number of nitrogens with zero attached hydrogens (tertiary/aromatic N) is 1. The summed E-state index contributed by atoms with van der Waals surface area (Å²) in [6.45, 7) is 0. The molecule has 0 amide bonds. The van der Waals surface area contributed by atoms with E-state index in [2.05, 4.69) is 4.99 Å². The Balaban J connectivity index is 2.58. The standard InChI is InChI=1S/C3H4N2OS/c4-3-5-1-2(6)7-3/h1,3H,4H2/t3-/m0/s1. The quantitative estimate of drug-likeness (QED) is 0.467. The maximum absolute atomic E-state index is 10.2. The summed E-state index contributed by atoms with van der Waals surface area (Å²) in [6.07, 6.45) is 1.25. The topological polar surface area (TPSA) is 55.4 Å². The monoisotopic (exact) mass is 116 g/mol. The first kappa shape index (κ1) is 4.80. The Bertz CT molecular complexity index is 122. The third kappa shape index (κ3) is 1.01. The molecule has 4 heteroatoms. The van der Waals surface area contributed by atoms with Crippen LogP contribution in [0.2, 0.25) is 0 Å². The highest BCUT2D eigenvalue weighted by Gasteiger charge is 2.11. The summed E-state index contributed by atoms with van der Waals surface area (Å²) < 4.78 is 0. The molecule has 0 saturated heterocycles. The van der Waals surface area contributed by atoms with Gasteiger partial charge in [-0.15, -0.1) is 0 Å². The van der Waals surface area contributed by atoms with Crippen molar-refractivity contribution < 1.29 is 4.79 Å². The first-order valence-electron chi connectivity index (χ1n) is 1.78. The molecule has 0 radical (unpaired) electrons. The summed E-state index contributed by atoms with van der Waals surface area (Å²) in [7, 11) is 0. The summed E-state index contributed by atoms with van der Waals surface area (Å²) in [5.41, 5.74) is 4.83. The lowest BCUT2D eigenvalue weighted by molar-refractivity contribution is -0.105. The molecule has 0 unspecified atom stereocenters. The SMILES string of the molecule is N[C@H]1N=CC(=O)S1. The molecule has 7 heavy (non-hydrogen) atoms. The van der Waals surface area contributed by atoms with Gasteiger partial charge in [0.15, 0.2) is 5.50 Å². The number of nitrogens with two attached hydrogens (primary N) is 1. The van der Waals surface area contributed by atoms with Gasteiger partial charge in [0.2, 0.25) is 5.12 Å². The molecule has 1 heterocycles. The molecular weight excluding hydrogens is 112 g/mol. The van der Waals surface area contributed by atoms with Crippen molar-refractivity contribution in [3.05, 3.63) is 0 Å². The largest absolute Gasteiger partial charge is 0.301 e. The Hall–Kier alpha value is -0.350. The van der Waals surface area contributed by atoms with E-state index in [1.165, 1.54) is 6.21 Å². The number of hydrogen-bond donors (Lipinski definition) is 1. The van der Waals surface area contributed by atoms with Gasteiger partial charge in [-0.2, -0.15) is 0 Å². The molecule has 1 atom stereocenters. The van der Waals surface area contributed by atoms with Crippen LogP contribution in [0.5, 0.6) is 0 Å². The summed E-state index contributed by atoms with van der Waals surface area (Å²) >= 11 is 1.04. The minimum absolute atomic E-state index is 0.0486. The van der Waals surface area contributed by atoms with Crippen molar-refractivity contribution >= 4 is 23.1 Å². The highest BCUT2D eigenvalue weighted by molar-refractivity contribution is 8.16. The van der Waals surface area contributed by atoms with Crippen LogP contribution < -0.4 is 5.73 Å². The molecule has 1 aliphatic rings. The van der Waals surface area contributed by atoms with Gasteiger partial charge in [0, 0.05) is 0 Å². The molecule has 0 aromatic rings. The fraction of sp³-hybridized carbons (Fsp3) is 0.333. The summed E-state index contributed by atoms with van der Waals surface area (Å²) in [5, 5.41) is -0.0486. The Morgan fingerprint density at radius 3 is 2.86 bits per heavy atom. The molecule has 0 aliphatic carbocycles. The third-order valence-corrected chi connectivity index (χ3v) is 1.26. The second-order valence-electron chi connectivity index (χ2n) is 1.11. The fourth-order valence-electron chi connectivity index (χ4n) is 0.314. The van der Waals surface area contributed by atoms with Gasteiger partial charge < -0.3 is 5.73 Å². The second kappa shape index (κ2) is 1.63. The van der Waals surface area contributed by atoms with Crippen LogP contribution in [0.15, 0.2) is 4.99 Å². The summed E-state index contributed by atoms with van der Waals surface area (Å²) in [6, 6.07) is 0. The smallest absolute Gasteiger partial charge is 0.233 e. The third-order valence-electron chi connectivity index (χ3n) is 0.564. The molecule has 3 nitrogen and oxygen atoms in total. The molecule has 38 valence electrons. The number of thioether (sulfide) groups is 1. The lowest BCUT2D eigenvalue weighted by Crippen LogP contribution is -2.08. The molecule has 0 aromatic heterocycles. The fourth-order valence-corrected chi connectivity index (χ4v) is 0.796. The number of aliphatic imine (C=N–C) groups is 1. The van der Waals surface area contributed by atoms with Crippen molar-refractivity contribution in [1.82, 2.24) is 0 Å². The van der Waals surface area contributed by atoms with E-state index in [9.17, 15) is 4.79 Å². The Morgan fingerprint density at radius 1 is 2.00 bits per heavy atom. The van der Waals surface area contributed by atoms with Gasteiger partial charge >= 0.3 is 0 Å². The normalized spacial score (nSPS) is 29.3. The zero-order chi connectivity index (χ0) is 5.28. The lowest BCUT2D eigenvalue weighted by atomic mass is 10.8. The van der Waals surface area contributed by atoms with Gasteiger partial charge in [0.25, 0.3) is 0 Å². The van der Waals surface area contributed by atoms with E-state index in [1.807, 2.05) is 0 Å². The van der Waals surface area contributed by atoms with Crippen LogP contribution in [0.3, 0.4) is 0 Å². The van der Waals surface area contributed by atoms with E-state index >= 15 is 0 Å². The van der Waals surface area contributed by atoms with Crippen molar-refractivity contribution in [2.45, 2.75) is 5.50 Å². The first-order valence-corrected chi connectivity index (χ1v) is 2.66. The van der Waals surface area contributed by atoms with E-state index < -0.39 is 0 Å². The van der Waals surface area contributed by atoms with Gasteiger partial charge in [-0.25, -0.2) is 0 Å². The van der Waals surface area contributed by atoms with Crippen molar-refractivity contribution in [3.8, 4) is 0 Å². The molecule has 0 saturated carbocycles. The highest BCUT2D eigenvalue weighted by atomic mass is 32.2. The van der Waals surface area contributed by atoms with Gasteiger partial charge in [-0.05, 0) is 11.8 Å². The summed E-state index contributed by atoms with van der Waals surface area (Å²) in [4.78, 5) is 13.8. The van der Waals surface area contributed by atoms with E-state index in [0.717, 1.165) is 11.8 Å². The Labute approximate surface area is 45.0 Å². The van der Waals surface area contributed by atoms with Crippen LogP contribution in [-0.4, -0.2) is 16.8 Å². The average molecular weight is 116 g/mol. The van der Waals surface area contributed by atoms with Crippen LogP contribution >= 0.6 is 11.8 Å². The van der Waals surface area contributed by atoms with Crippen molar-refractivity contribution in [1.29, 1.82) is 0 Å². The van der Waals surface area contributed by atoms with E-state index in [1.54, 1.807) is 0 Å². The number of carbonyl (C=O) groups excluding carboxylic acids is 1. The summed E-state index contributed by atoms with van der Waals surface area (Å²) in [5.74, 6) is 0. The molecule has 0 fully saturated rings. The zero-order valence-electron chi connectivity index (χ0n) is 3.50. The molecule has 2 N–H and O–H groups in total. The molecular formula is C3H4N2OS. The van der Waals surface area contributed by atoms with Crippen molar-refractivity contribution in [2.24, 2.45) is 10.7 Å².